The molecule has 0 fully saturated rings. The van der Waals surface area contributed by atoms with Crippen molar-refractivity contribution in [2.24, 2.45) is 7.05 Å². The molecule has 0 aliphatic carbocycles. The first-order chi connectivity index (χ1) is 14.6. The van der Waals surface area contributed by atoms with E-state index in [9.17, 15) is 13.2 Å². The topological polar surface area (TPSA) is 92.0 Å². The number of nitrogens with zero attached hydrogens (tertiary/aromatic N) is 4. The molecule has 31 heavy (non-hydrogen) atoms. The molecule has 0 bridgehead atoms. The van der Waals surface area contributed by atoms with E-state index in [4.69, 9.17) is 15.0 Å². The van der Waals surface area contributed by atoms with Gasteiger partial charge >= 0.3 is 6.18 Å². The number of imidazole rings is 1. The second kappa shape index (κ2) is 7.60. The summed E-state index contributed by atoms with van der Waals surface area (Å²) in [6, 6.07) is 7.09. The molecule has 0 unspecified atom stereocenters. The summed E-state index contributed by atoms with van der Waals surface area (Å²) < 4.78 is 53.5. The fourth-order valence-corrected chi connectivity index (χ4v) is 3.15. The number of ether oxygens (including phenoxy) is 1. The van der Waals surface area contributed by atoms with Crippen LogP contribution in [0.3, 0.4) is 0 Å². The lowest BCUT2D eigenvalue weighted by Crippen LogP contribution is -2.09. The summed E-state index contributed by atoms with van der Waals surface area (Å²) in [6.45, 7) is 3.70. The Morgan fingerprint density at radius 1 is 1.19 bits per heavy atom. The summed E-state index contributed by atoms with van der Waals surface area (Å²) in [5, 5.41) is 3.88. The van der Waals surface area contributed by atoms with E-state index >= 15 is 0 Å². The summed E-state index contributed by atoms with van der Waals surface area (Å²) in [7, 11) is 1.77. The van der Waals surface area contributed by atoms with Crippen LogP contribution in [-0.4, -0.2) is 19.7 Å². The summed E-state index contributed by atoms with van der Waals surface area (Å²) in [5.41, 5.74) is 7.47. The van der Waals surface area contributed by atoms with Gasteiger partial charge in [0, 0.05) is 18.7 Å². The summed E-state index contributed by atoms with van der Waals surface area (Å²) in [6.07, 6.45) is -3.06. The van der Waals surface area contributed by atoms with E-state index in [1.54, 1.807) is 30.1 Å². The number of nitrogen functional groups attached to an aromatic ring is 1. The Bertz CT molecular complexity index is 1240. The highest BCUT2D eigenvalue weighted by atomic mass is 19.4. The molecule has 4 rings (SSSR count). The molecular weight excluding hydrogens is 411 g/mol. The Morgan fingerprint density at radius 3 is 2.65 bits per heavy atom. The highest BCUT2D eigenvalue weighted by Gasteiger charge is 2.35. The van der Waals surface area contributed by atoms with E-state index in [-0.39, 0.29) is 29.7 Å². The quantitative estimate of drug-likeness (QED) is 0.482. The van der Waals surface area contributed by atoms with Crippen molar-refractivity contribution >= 4 is 16.9 Å². The lowest BCUT2D eigenvalue weighted by atomic mass is 10.1. The van der Waals surface area contributed by atoms with Crippen molar-refractivity contribution in [2.45, 2.75) is 32.5 Å². The molecule has 0 aliphatic rings. The molecule has 0 amide bonds. The van der Waals surface area contributed by atoms with Gasteiger partial charge in [-0.25, -0.2) is 9.97 Å². The van der Waals surface area contributed by atoms with Crippen molar-refractivity contribution in [1.82, 2.24) is 19.7 Å². The number of nitrogens with two attached hydrogens (primary N) is 1. The van der Waals surface area contributed by atoms with Crippen LogP contribution in [0.1, 0.15) is 36.8 Å². The van der Waals surface area contributed by atoms with Crippen LogP contribution in [0, 0.1) is 0 Å². The average molecular weight is 431 g/mol. The van der Waals surface area contributed by atoms with Crippen molar-refractivity contribution in [2.75, 3.05) is 5.73 Å². The normalized spacial score (nSPS) is 12.1. The minimum absolute atomic E-state index is 0.138. The van der Waals surface area contributed by atoms with Gasteiger partial charge in [0.05, 0.1) is 28.8 Å². The van der Waals surface area contributed by atoms with Crippen LogP contribution < -0.4 is 10.5 Å². The number of anilines is 1. The Balaban J connectivity index is 1.68. The maximum Gasteiger partial charge on any atom is 0.419 e. The van der Waals surface area contributed by atoms with E-state index in [1.165, 1.54) is 12.1 Å². The Morgan fingerprint density at radius 2 is 1.97 bits per heavy atom. The van der Waals surface area contributed by atoms with E-state index in [1.807, 2.05) is 13.8 Å². The number of pyridine rings is 1. The van der Waals surface area contributed by atoms with Crippen LogP contribution in [0.5, 0.6) is 5.75 Å². The molecular formula is C21H20F3N5O2. The van der Waals surface area contributed by atoms with Crippen molar-refractivity contribution in [1.29, 1.82) is 0 Å². The van der Waals surface area contributed by atoms with Gasteiger partial charge in [-0.1, -0.05) is 19.0 Å². The van der Waals surface area contributed by atoms with E-state index in [2.05, 4.69) is 15.1 Å². The zero-order valence-corrected chi connectivity index (χ0v) is 17.1. The van der Waals surface area contributed by atoms with E-state index < -0.39 is 11.7 Å². The van der Waals surface area contributed by atoms with Gasteiger partial charge < -0.3 is 19.6 Å². The van der Waals surface area contributed by atoms with Crippen molar-refractivity contribution in [3.63, 3.8) is 0 Å². The van der Waals surface area contributed by atoms with Crippen molar-refractivity contribution in [3.05, 3.63) is 53.7 Å². The molecule has 2 N–H and O–H groups in total. The number of aryl methyl sites for hydroxylation is 1. The molecule has 0 saturated carbocycles. The van der Waals surface area contributed by atoms with Gasteiger partial charge in [-0.3, -0.25) is 0 Å². The number of rotatable bonds is 5. The molecule has 0 spiro atoms. The second-order valence-corrected chi connectivity index (χ2v) is 7.49. The number of halogens is 3. The van der Waals surface area contributed by atoms with E-state index in [0.29, 0.717) is 28.2 Å². The highest BCUT2D eigenvalue weighted by molar-refractivity contribution is 5.88. The zero-order chi connectivity index (χ0) is 22.3. The molecule has 3 aromatic heterocycles. The largest absolute Gasteiger partial charge is 0.485 e. The summed E-state index contributed by atoms with van der Waals surface area (Å²) in [5.74, 6) is 0.317. The first-order valence-corrected chi connectivity index (χ1v) is 9.51. The van der Waals surface area contributed by atoms with Gasteiger partial charge in [0.25, 0.3) is 0 Å². The highest BCUT2D eigenvalue weighted by Crippen LogP contribution is 2.39. The van der Waals surface area contributed by atoms with Crippen LogP contribution in [-0.2, 0) is 19.8 Å². The third-order valence-corrected chi connectivity index (χ3v) is 4.86. The molecule has 0 atom stereocenters. The fourth-order valence-electron chi connectivity index (χ4n) is 3.15. The minimum Gasteiger partial charge on any atom is -0.485 e. The molecule has 162 valence electrons. The average Bonchev–Trinajstić information content (AvgIpc) is 3.33. The number of hydrogen-bond acceptors (Lipinski definition) is 6. The molecule has 4 aromatic rings. The monoisotopic (exact) mass is 431 g/mol. The predicted octanol–water partition coefficient (Wildman–Crippen LogP) is 4.93. The number of aromatic nitrogens is 4. The number of alkyl halides is 3. The summed E-state index contributed by atoms with van der Waals surface area (Å²) in [4.78, 5) is 8.37. The second-order valence-electron chi connectivity index (χ2n) is 7.49. The molecule has 0 saturated heterocycles. The molecule has 0 radical (unpaired) electrons. The zero-order valence-electron chi connectivity index (χ0n) is 17.1. The summed E-state index contributed by atoms with van der Waals surface area (Å²) >= 11 is 0. The fraction of sp³-hybridized carbons (Fsp3) is 0.286. The van der Waals surface area contributed by atoms with Crippen LogP contribution in [0.2, 0.25) is 0 Å². The smallest absolute Gasteiger partial charge is 0.419 e. The van der Waals surface area contributed by atoms with Crippen LogP contribution in [0.4, 0.5) is 19.0 Å². The lowest BCUT2D eigenvalue weighted by molar-refractivity contribution is -0.139. The standard InChI is InChI=1S/C21H20F3N5O2/c1-11(2)15-7-13(31-28-15)9-30-18-5-4-12(6-14(18)21(22,23)24)16-8-17-19(20(25)27-16)26-10-29(17)3/h4-8,10-11H,9H2,1-3H3,(H2,25,27). The minimum atomic E-state index is -4.63. The Labute approximate surface area is 175 Å². The molecule has 10 heteroatoms. The molecule has 1 aromatic carbocycles. The molecule has 0 aliphatic heterocycles. The molecule has 7 nitrogen and oxygen atoms in total. The lowest BCUT2D eigenvalue weighted by Gasteiger charge is -2.15. The third-order valence-electron chi connectivity index (χ3n) is 4.86. The Kier molecular flexibility index (Phi) is 5.08. The van der Waals surface area contributed by atoms with Gasteiger partial charge in [-0.05, 0) is 30.2 Å². The van der Waals surface area contributed by atoms with Crippen molar-refractivity contribution in [3.8, 4) is 17.0 Å². The van der Waals surface area contributed by atoms with Gasteiger partial charge in [-0.15, -0.1) is 0 Å². The first kappa shape index (κ1) is 20.7. The van der Waals surface area contributed by atoms with Gasteiger partial charge in [0.1, 0.15) is 17.9 Å². The van der Waals surface area contributed by atoms with Gasteiger partial charge in [-0.2, -0.15) is 13.2 Å². The SMILES string of the molecule is CC(C)c1cc(COc2ccc(-c3cc4c(ncn4C)c(N)n3)cc2C(F)(F)F)on1. The van der Waals surface area contributed by atoms with Crippen LogP contribution >= 0.6 is 0 Å². The Hall–Kier alpha value is -3.56. The predicted molar refractivity (Wildman–Crippen MR) is 108 cm³/mol. The van der Waals surface area contributed by atoms with Gasteiger partial charge in [0.2, 0.25) is 0 Å². The number of benzene rings is 1. The maximum absolute atomic E-state index is 13.8. The first-order valence-electron chi connectivity index (χ1n) is 9.51. The maximum atomic E-state index is 13.8. The third kappa shape index (κ3) is 4.05. The molecule has 3 heterocycles. The van der Waals surface area contributed by atoms with Crippen LogP contribution in [0.25, 0.3) is 22.3 Å². The van der Waals surface area contributed by atoms with E-state index in [0.717, 1.165) is 6.07 Å². The number of hydrogen-bond donors (Lipinski definition) is 1. The van der Waals surface area contributed by atoms with Crippen LogP contribution in [0.15, 0.2) is 41.2 Å². The van der Waals surface area contributed by atoms with Gasteiger partial charge in [0.15, 0.2) is 11.6 Å². The van der Waals surface area contributed by atoms with Crippen molar-refractivity contribution < 1.29 is 22.4 Å². The number of fused-ring (bicyclic) bond motifs is 1.